The first-order valence-electron chi connectivity index (χ1n) is 5.44. The van der Waals surface area contributed by atoms with Gasteiger partial charge in [-0.25, -0.2) is 0 Å². The van der Waals surface area contributed by atoms with Crippen LogP contribution in [0.3, 0.4) is 0 Å². The standard InChI is InChI=1S/C11H22O5/c1-10(2)8(14-5)6-7(9(12)16-10)15-11(3,4)13/h7-9,12-13H,6H2,1-5H3/t7-,8-,9?/m1/s1. The fourth-order valence-corrected chi connectivity index (χ4v) is 1.93. The van der Waals surface area contributed by atoms with Gasteiger partial charge in [0.15, 0.2) is 12.1 Å². The average molecular weight is 234 g/mol. The monoisotopic (exact) mass is 234 g/mol. The molecule has 0 aromatic heterocycles. The summed E-state index contributed by atoms with van der Waals surface area (Å²) >= 11 is 0. The molecule has 0 spiro atoms. The first-order chi connectivity index (χ1) is 7.15. The lowest BCUT2D eigenvalue weighted by molar-refractivity contribution is -0.327. The summed E-state index contributed by atoms with van der Waals surface area (Å²) in [6.07, 6.45) is -1.33. The molecular weight excluding hydrogens is 212 g/mol. The van der Waals surface area contributed by atoms with Gasteiger partial charge < -0.3 is 24.4 Å². The minimum atomic E-state index is -1.30. The van der Waals surface area contributed by atoms with Gasteiger partial charge in [0.05, 0.1) is 11.7 Å². The molecule has 1 fully saturated rings. The van der Waals surface area contributed by atoms with Crippen molar-refractivity contribution in [2.75, 3.05) is 7.11 Å². The summed E-state index contributed by atoms with van der Waals surface area (Å²) in [7, 11) is 1.59. The minimum Gasteiger partial charge on any atom is -0.378 e. The Morgan fingerprint density at radius 3 is 2.38 bits per heavy atom. The first-order valence-corrected chi connectivity index (χ1v) is 5.44. The Bertz CT molecular complexity index is 233. The van der Waals surface area contributed by atoms with Gasteiger partial charge in [-0.1, -0.05) is 0 Å². The third-order valence-corrected chi connectivity index (χ3v) is 2.69. The van der Waals surface area contributed by atoms with Gasteiger partial charge in [0.1, 0.15) is 6.10 Å². The maximum absolute atomic E-state index is 9.77. The summed E-state index contributed by atoms with van der Waals surface area (Å²) in [6, 6.07) is 0. The molecule has 16 heavy (non-hydrogen) atoms. The molecule has 0 radical (unpaired) electrons. The van der Waals surface area contributed by atoms with E-state index in [0.717, 1.165) is 0 Å². The zero-order valence-electron chi connectivity index (χ0n) is 10.6. The average Bonchev–Trinajstić information content (AvgIpc) is 2.06. The summed E-state index contributed by atoms with van der Waals surface area (Å²) < 4.78 is 16.0. The number of aliphatic hydroxyl groups excluding tert-OH is 1. The van der Waals surface area contributed by atoms with Gasteiger partial charge in [0.2, 0.25) is 0 Å². The Hall–Kier alpha value is -0.200. The molecule has 0 saturated carbocycles. The van der Waals surface area contributed by atoms with E-state index in [9.17, 15) is 10.2 Å². The summed E-state index contributed by atoms with van der Waals surface area (Å²) in [5.74, 6) is -1.30. The van der Waals surface area contributed by atoms with Crippen LogP contribution in [0.5, 0.6) is 0 Å². The highest BCUT2D eigenvalue weighted by atomic mass is 16.7. The van der Waals surface area contributed by atoms with Gasteiger partial charge in [-0.2, -0.15) is 0 Å². The van der Waals surface area contributed by atoms with Crippen molar-refractivity contribution in [3.05, 3.63) is 0 Å². The fraction of sp³-hybridized carbons (Fsp3) is 1.00. The van der Waals surface area contributed by atoms with Crippen molar-refractivity contribution in [1.29, 1.82) is 0 Å². The SMILES string of the molecule is CO[C@@H]1C[C@@H](OC(C)(C)O)C(O)OC1(C)C. The van der Waals surface area contributed by atoms with Gasteiger partial charge in [-0.3, -0.25) is 0 Å². The molecule has 1 heterocycles. The molecule has 2 N–H and O–H groups in total. The summed E-state index contributed by atoms with van der Waals surface area (Å²) in [4.78, 5) is 0. The number of methoxy groups -OCH3 is 1. The molecule has 0 aliphatic carbocycles. The Morgan fingerprint density at radius 1 is 1.38 bits per heavy atom. The molecule has 1 aliphatic heterocycles. The zero-order chi connectivity index (χ0) is 12.6. The second-order valence-electron chi connectivity index (χ2n) is 5.17. The Balaban J connectivity index is 2.69. The van der Waals surface area contributed by atoms with E-state index >= 15 is 0 Å². The number of hydrogen-bond donors (Lipinski definition) is 2. The highest BCUT2D eigenvalue weighted by Gasteiger charge is 2.44. The van der Waals surface area contributed by atoms with E-state index in [2.05, 4.69) is 0 Å². The van der Waals surface area contributed by atoms with E-state index in [-0.39, 0.29) is 6.10 Å². The van der Waals surface area contributed by atoms with Crippen LogP contribution in [0.25, 0.3) is 0 Å². The predicted molar refractivity (Wildman–Crippen MR) is 57.8 cm³/mol. The van der Waals surface area contributed by atoms with Gasteiger partial charge in [0, 0.05) is 13.5 Å². The van der Waals surface area contributed by atoms with Crippen molar-refractivity contribution in [2.45, 2.75) is 64.0 Å². The van der Waals surface area contributed by atoms with E-state index in [4.69, 9.17) is 14.2 Å². The third-order valence-electron chi connectivity index (χ3n) is 2.69. The fourth-order valence-electron chi connectivity index (χ4n) is 1.93. The highest BCUT2D eigenvalue weighted by molar-refractivity contribution is 4.89. The summed E-state index contributed by atoms with van der Waals surface area (Å²) in [6.45, 7) is 6.73. The molecule has 0 amide bonds. The van der Waals surface area contributed by atoms with Crippen molar-refractivity contribution in [3.8, 4) is 0 Å². The van der Waals surface area contributed by atoms with E-state index in [1.54, 1.807) is 7.11 Å². The summed E-state index contributed by atoms with van der Waals surface area (Å²) in [5.41, 5.74) is -0.562. The first kappa shape index (κ1) is 13.9. The van der Waals surface area contributed by atoms with E-state index < -0.39 is 23.8 Å². The van der Waals surface area contributed by atoms with Crippen LogP contribution in [0.4, 0.5) is 0 Å². The van der Waals surface area contributed by atoms with Crippen LogP contribution in [0.15, 0.2) is 0 Å². The topological polar surface area (TPSA) is 68.2 Å². The second kappa shape index (κ2) is 4.58. The molecule has 5 heteroatoms. The van der Waals surface area contributed by atoms with Crippen LogP contribution >= 0.6 is 0 Å². The Kier molecular flexibility index (Phi) is 3.97. The zero-order valence-corrected chi connectivity index (χ0v) is 10.6. The largest absolute Gasteiger partial charge is 0.378 e. The van der Waals surface area contributed by atoms with Gasteiger partial charge >= 0.3 is 0 Å². The number of rotatable bonds is 3. The van der Waals surface area contributed by atoms with Crippen molar-refractivity contribution in [1.82, 2.24) is 0 Å². The lowest BCUT2D eigenvalue weighted by Gasteiger charge is -2.44. The molecule has 0 bridgehead atoms. The van der Waals surface area contributed by atoms with Crippen LogP contribution in [-0.4, -0.2) is 47.2 Å². The van der Waals surface area contributed by atoms with Crippen molar-refractivity contribution < 1.29 is 24.4 Å². The lowest BCUT2D eigenvalue weighted by atomic mass is 9.92. The molecule has 0 aromatic rings. The maximum atomic E-state index is 9.77. The van der Waals surface area contributed by atoms with Crippen LogP contribution < -0.4 is 0 Å². The molecule has 1 rings (SSSR count). The molecule has 5 nitrogen and oxygen atoms in total. The van der Waals surface area contributed by atoms with E-state index in [0.29, 0.717) is 6.42 Å². The van der Waals surface area contributed by atoms with Gasteiger partial charge in [-0.05, 0) is 27.7 Å². The van der Waals surface area contributed by atoms with E-state index in [1.807, 2.05) is 13.8 Å². The van der Waals surface area contributed by atoms with Crippen LogP contribution in [0.2, 0.25) is 0 Å². The quantitative estimate of drug-likeness (QED) is 0.701. The van der Waals surface area contributed by atoms with Gasteiger partial charge in [-0.15, -0.1) is 0 Å². The normalized spacial score (nSPS) is 35.1. The molecule has 0 aromatic carbocycles. The maximum Gasteiger partial charge on any atom is 0.182 e. The van der Waals surface area contributed by atoms with Crippen molar-refractivity contribution in [2.24, 2.45) is 0 Å². The summed E-state index contributed by atoms with van der Waals surface area (Å²) in [5, 5.41) is 19.3. The van der Waals surface area contributed by atoms with E-state index in [1.165, 1.54) is 13.8 Å². The van der Waals surface area contributed by atoms with Crippen LogP contribution in [0.1, 0.15) is 34.1 Å². The molecule has 1 unspecified atom stereocenters. The Morgan fingerprint density at radius 2 is 1.94 bits per heavy atom. The number of aliphatic hydroxyl groups is 2. The van der Waals surface area contributed by atoms with Crippen molar-refractivity contribution >= 4 is 0 Å². The lowest BCUT2D eigenvalue weighted by Crippen LogP contribution is -2.55. The molecule has 3 atom stereocenters. The predicted octanol–water partition coefficient (Wildman–Crippen LogP) is 0.632. The third kappa shape index (κ3) is 3.40. The van der Waals surface area contributed by atoms with Crippen molar-refractivity contribution in [3.63, 3.8) is 0 Å². The second-order valence-corrected chi connectivity index (χ2v) is 5.17. The minimum absolute atomic E-state index is 0.178. The van der Waals surface area contributed by atoms with Crippen LogP contribution in [-0.2, 0) is 14.2 Å². The highest BCUT2D eigenvalue weighted by Crippen LogP contribution is 2.32. The van der Waals surface area contributed by atoms with Gasteiger partial charge in [0.25, 0.3) is 0 Å². The number of hydrogen-bond acceptors (Lipinski definition) is 5. The molecule has 1 saturated heterocycles. The Labute approximate surface area is 96.3 Å². The molecule has 1 aliphatic rings. The van der Waals surface area contributed by atoms with Crippen LogP contribution in [0, 0.1) is 0 Å². The molecule has 96 valence electrons. The number of ether oxygens (including phenoxy) is 3. The smallest absolute Gasteiger partial charge is 0.182 e. The molecular formula is C11H22O5.